The van der Waals surface area contributed by atoms with Crippen molar-refractivity contribution in [2.45, 2.75) is 0 Å². The third-order valence-corrected chi connectivity index (χ3v) is 2.58. The Kier molecular flexibility index (Phi) is 3.41. The Labute approximate surface area is 109 Å². The third kappa shape index (κ3) is 2.52. The molecule has 0 aliphatic heterocycles. The first-order valence-corrected chi connectivity index (χ1v) is 5.55. The zero-order valence-electron chi connectivity index (χ0n) is 10.5. The Morgan fingerprint density at radius 1 is 1.37 bits per heavy atom. The lowest BCUT2D eigenvalue weighted by atomic mass is 10.2. The van der Waals surface area contributed by atoms with Gasteiger partial charge in [-0.15, -0.1) is 0 Å². The van der Waals surface area contributed by atoms with E-state index in [1.165, 1.54) is 21.7 Å². The molecule has 1 aromatic carbocycles. The summed E-state index contributed by atoms with van der Waals surface area (Å²) in [5.74, 6) is -0.740. The molecular weight excluding hydrogens is 249 g/mol. The highest BCUT2D eigenvalue weighted by molar-refractivity contribution is 5.92. The first-order valence-electron chi connectivity index (χ1n) is 5.55. The fraction of sp³-hybridized carbons (Fsp3) is 0.154. The molecule has 0 atom stereocenters. The molecule has 1 aromatic heterocycles. The maximum atomic E-state index is 13.0. The van der Waals surface area contributed by atoms with Crippen LogP contribution < -0.4 is 0 Å². The predicted octanol–water partition coefficient (Wildman–Crippen LogP) is 1.53. The summed E-state index contributed by atoms with van der Waals surface area (Å²) < 4.78 is 14.4. The van der Waals surface area contributed by atoms with Gasteiger partial charge in [-0.05, 0) is 24.3 Å². The van der Waals surface area contributed by atoms with Crippen LogP contribution >= 0.6 is 0 Å². The van der Waals surface area contributed by atoms with Crippen LogP contribution in [0.3, 0.4) is 0 Å². The SMILES string of the molecule is CN(C)C(=O)c1ccn(-c2ccc(F)cc2C=O)n1. The van der Waals surface area contributed by atoms with E-state index in [2.05, 4.69) is 5.10 Å². The van der Waals surface area contributed by atoms with Gasteiger partial charge in [-0.3, -0.25) is 9.59 Å². The van der Waals surface area contributed by atoms with Gasteiger partial charge in [0.1, 0.15) is 5.82 Å². The van der Waals surface area contributed by atoms with Crippen molar-refractivity contribution < 1.29 is 14.0 Å². The topological polar surface area (TPSA) is 55.2 Å². The van der Waals surface area contributed by atoms with E-state index in [1.807, 2.05) is 0 Å². The lowest BCUT2D eigenvalue weighted by Gasteiger charge is -2.07. The van der Waals surface area contributed by atoms with E-state index in [1.54, 1.807) is 26.4 Å². The lowest BCUT2D eigenvalue weighted by molar-refractivity contribution is 0.0821. The normalized spacial score (nSPS) is 10.3. The molecule has 2 aromatic rings. The number of hydrogen-bond donors (Lipinski definition) is 0. The molecule has 0 aliphatic rings. The molecule has 0 spiro atoms. The van der Waals surface area contributed by atoms with Crippen LogP contribution in [-0.4, -0.2) is 41.0 Å². The molecule has 1 amide bonds. The number of amides is 1. The Hall–Kier alpha value is -2.50. The second kappa shape index (κ2) is 5.01. The first-order chi connectivity index (χ1) is 9.02. The number of hydrogen-bond acceptors (Lipinski definition) is 3. The van der Waals surface area contributed by atoms with Crippen molar-refractivity contribution in [3.05, 3.63) is 47.5 Å². The minimum absolute atomic E-state index is 0.173. The monoisotopic (exact) mass is 261 g/mol. The first kappa shape index (κ1) is 12.9. The number of carbonyl (C=O) groups excluding carboxylic acids is 2. The van der Waals surface area contributed by atoms with Crippen molar-refractivity contribution in [3.63, 3.8) is 0 Å². The quantitative estimate of drug-likeness (QED) is 0.787. The van der Waals surface area contributed by atoms with Gasteiger partial charge >= 0.3 is 0 Å². The van der Waals surface area contributed by atoms with Gasteiger partial charge in [-0.1, -0.05) is 0 Å². The molecule has 0 aliphatic carbocycles. The predicted molar refractivity (Wildman–Crippen MR) is 66.9 cm³/mol. The summed E-state index contributed by atoms with van der Waals surface area (Å²) in [7, 11) is 3.24. The summed E-state index contributed by atoms with van der Waals surface area (Å²) in [6, 6.07) is 5.34. The second-order valence-electron chi connectivity index (χ2n) is 4.17. The van der Waals surface area contributed by atoms with E-state index < -0.39 is 5.82 Å². The minimum Gasteiger partial charge on any atom is -0.343 e. The van der Waals surface area contributed by atoms with Crippen LogP contribution in [0.2, 0.25) is 0 Å². The van der Waals surface area contributed by atoms with Gasteiger partial charge in [0.25, 0.3) is 5.91 Å². The number of benzene rings is 1. The summed E-state index contributed by atoms with van der Waals surface area (Å²) in [6.07, 6.45) is 2.10. The van der Waals surface area contributed by atoms with Gasteiger partial charge < -0.3 is 4.90 Å². The van der Waals surface area contributed by atoms with E-state index >= 15 is 0 Å². The fourth-order valence-electron chi connectivity index (χ4n) is 1.63. The van der Waals surface area contributed by atoms with Gasteiger partial charge in [0.2, 0.25) is 0 Å². The summed E-state index contributed by atoms with van der Waals surface area (Å²) >= 11 is 0. The van der Waals surface area contributed by atoms with E-state index in [4.69, 9.17) is 0 Å². The molecule has 1 heterocycles. The molecule has 2 rings (SSSR count). The molecule has 0 N–H and O–H groups in total. The zero-order valence-corrected chi connectivity index (χ0v) is 10.5. The van der Waals surface area contributed by atoms with Crippen molar-refractivity contribution in [2.24, 2.45) is 0 Å². The number of rotatable bonds is 3. The second-order valence-corrected chi connectivity index (χ2v) is 4.17. The highest BCUT2D eigenvalue weighted by atomic mass is 19.1. The minimum atomic E-state index is -0.498. The molecule has 98 valence electrons. The molecule has 0 radical (unpaired) electrons. The standard InChI is InChI=1S/C13H12FN3O2/c1-16(2)13(19)11-5-6-17(15-11)12-4-3-10(14)7-9(12)8-18/h3-8H,1-2H3. The zero-order chi connectivity index (χ0) is 14.0. The Balaban J connectivity index is 2.43. The summed E-state index contributed by atoms with van der Waals surface area (Å²) in [5, 5.41) is 4.08. The van der Waals surface area contributed by atoms with Crippen molar-refractivity contribution >= 4 is 12.2 Å². The summed E-state index contributed by atoms with van der Waals surface area (Å²) in [4.78, 5) is 24.0. The fourth-order valence-corrected chi connectivity index (χ4v) is 1.63. The summed E-state index contributed by atoms with van der Waals surface area (Å²) in [6.45, 7) is 0. The van der Waals surface area contributed by atoms with E-state index in [0.717, 1.165) is 6.07 Å². The van der Waals surface area contributed by atoms with Crippen molar-refractivity contribution in [3.8, 4) is 5.69 Å². The van der Waals surface area contributed by atoms with Gasteiger partial charge in [0.05, 0.1) is 5.69 Å². The van der Waals surface area contributed by atoms with Crippen LogP contribution in [0.25, 0.3) is 5.69 Å². The molecule has 6 heteroatoms. The number of nitrogens with zero attached hydrogens (tertiary/aromatic N) is 3. The molecule has 0 saturated carbocycles. The van der Waals surface area contributed by atoms with Crippen LogP contribution in [0, 0.1) is 5.82 Å². The Morgan fingerprint density at radius 2 is 2.11 bits per heavy atom. The highest BCUT2D eigenvalue weighted by Crippen LogP contribution is 2.14. The molecule has 0 saturated heterocycles. The molecule has 0 unspecified atom stereocenters. The van der Waals surface area contributed by atoms with E-state index in [0.29, 0.717) is 12.0 Å². The van der Waals surface area contributed by atoms with Crippen molar-refractivity contribution in [1.29, 1.82) is 0 Å². The van der Waals surface area contributed by atoms with Crippen LogP contribution in [0.5, 0.6) is 0 Å². The Morgan fingerprint density at radius 3 is 2.74 bits per heavy atom. The largest absolute Gasteiger partial charge is 0.343 e. The van der Waals surface area contributed by atoms with E-state index in [9.17, 15) is 14.0 Å². The van der Waals surface area contributed by atoms with Gasteiger partial charge in [0.15, 0.2) is 12.0 Å². The van der Waals surface area contributed by atoms with Crippen LogP contribution in [-0.2, 0) is 0 Å². The maximum Gasteiger partial charge on any atom is 0.273 e. The van der Waals surface area contributed by atoms with Gasteiger partial charge in [-0.25, -0.2) is 9.07 Å². The molecule has 0 fully saturated rings. The number of halogens is 1. The van der Waals surface area contributed by atoms with Crippen molar-refractivity contribution in [1.82, 2.24) is 14.7 Å². The molecule has 5 nitrogen and oxygen atoms in total. The van der Waals surface area contributed by atoms with Crippen LogP contribution in [0.1, 0.15) is 20.8 Å². The van der Waals surface area contributed by atoms with Crippen LogP contribution in [0.4, 0.5) is 4.39 Å². The highest BCUT2D eigenvalue weighted by Gasteiger charge is 2.13. The number of aldehydes is 1. The smallest absolute Gasteiger partial charge is 0.273 e. The van der Waals surface area contributed by atoms with Gasteiger partial charge in [0, 0.05) is 25.9 Å². The summed E-state index contributed by atoms with van der Waals surface area (Å²) in [5.41, 5.74) is 0.854. The maximum absolute atomic E-state index is 13.0. The molecule has 19 heavy (non-hydrogen) atoms. The third-order valence-electron chi connectivity index (χ3n) is 2.58. The van der Waals surface area contributed by atoms with E-state index in [-0.39, 0.29) is 17.2 Å². The Bertz CT molecular complexity index is 635. The average molecular weight is 261 g/mol. The molecular formula is C13H12FN3O2. The lowest BCUT2D eigenvalue weighted by Crippen LogP contribution is -2.22. The van der Waals surface area contributed by atoms with Crippen LogP contribution in [0.15, 0.2) is 30.5 Å². The van der Waals surface area contributed by atoms with Crippen molar-refractivity contribution in [2.75, 3.05) is 14.1 Å². The average Bonchev–Trinajstić information content (AvgIpc) is 2.86. The number of carbonyl (C=O) groups is 2. The number of aromatic nitrogens is 2. The van der Waals surface area contributed by atoms with Gasteiger partial charge in [-0.2, -0.15) is 5.10 Å². The molecule has 0 bridgehead atoms.